The molecule has 1 heterocycles. The van der Waals surface area contributed by atoms with Gasteiger partial charge in [-0.1, -0.05) is 23.4 Å². The van der Waals surface area contributed by atoms with E-state index < -0.39 is 0 Å². The molecule has 1 aromatic heterocycles. The summed E-state index contributed by atoms with van der Waals surface area (Å²) in [4.78, 5) is 12.1. The number of benzene rings is 2. The lowest BCUT2D eigenvalue weighted by Gasteiger charge is -2.08. The third-order valence-electron chi connectivity index (χ3n) is 3.34. The number of nitrogens with one attached hydrogen (secondary N) is 1. The molecule has 5 nitrogen and oxygen atoms in total. The Morgan fingerprint density at radius 3 is 2.52 bits per heavy atom. The lowest BCUT2D eigenvalue weighted by Crippen LogP contribution is -2.14. The number of hydrogen-bond acceptors (Lipinski definition) is 4. The summed E-state index contributed by atoms with van der Waals surface area (Å²) in [6.45, 7) is 1.80. The summed E-state index contributed by atoms with van der Waals surface area (Å²) < 4.78 is 14.9. The summed E-state index contributed by atoms with van der Waals surface area (Å²) >= 11 is 7.07. The van der Waals surface area contributed by atoms with Gasteiger partial charge in [0.1, 0.15) is 11.6 Å². The van der Waals surface area contributed by atoms with Gasteiger partial charge in [-0.2, -0.15) is 0 Å². The maximum atomic E-state index is 13.1. The van der Waals surface area contributed by atoms with Gasteiger partial charge in [0.2, 0.25) is 5.91 Å². The summed E-state index contributed by atoms with van der Waals surface area (Å²) in [6.07, 6.45) is 0. The molecule has 0 spiro atoms. The van der Waals surface area contributed by atoms with Crippen molar-refractivity contribution in [2.24, 2.45) is 0 Å². The fraction of sp³-hybridized carbons (Fsp3) is 0.118. The SMILES string of the molecule is Cc1nnc(SCC(=O)Nc2ccc(Cl)cc2)n1-c1ccc(F)cc1. The van der Waals surface area contributed by atoms with Gasteiger partial charge >= 0.3 is 0 Å². The number of thioether (sulfide) groups is 1. The molecule has 1 amide bonds. The molecule has 0 unspecified atom stereocenters. The first-order chi connectivity index (χ1) is 12.0. The third kappa shape index (κ3) is 4.37. The molecular weight excluding hydrogens is 363 g/mol. The molecule has 3 aromatic rings. The number of nitrogens with zero attached hydrogens (tertiary/aromatic N) is 3. The number of aromatic nitrogens is 3. The predicted octanol–water partition coefficient (Wildman–Crippen LogP) is 4.10. The number of amides is 1. The van der Waals surface area contributed by atoms with Gasteiger partial charge in [0.25, 0.3) is 0 Å². The molecule has 0 radical (unpaired) electrons. The van der Waals surface area contributed by atoms with E-state index in [0.717, 1.165) is 5.69 Å². The second kappa shape index (κ2) is 7.67. The molecule has 0 aliphatic heterocycles. The van der Waals surface area contributed by atoms with Gasteiger partial charge in [-0.25, -0.2) is 4.39 Å². The van der Waals surface area contributed by atoms with E-state index in [0.29, 0.717) is 21.7 Å². The zero-order valence-electron chi connectivity index (χ0n) is 13.2. The lowest BCUT2D eigenvalue weighted by atomic mass is 10.3. The predicted molar refractivity (Wildman–Crippen MR) is 96.9 cm³/mol. The standard InChI is InChI=1S/C17H14ClFN4OS/c1-11-21-22-17(23(11)15-8-4-13(19)5-9-15)25-10-16(24)20-14-6-2-12(18)3-7-14/h2-9H,10H2,1H3,(H,20,24). The van der Waals surface area contributed by atoms with Crippen molar-refractivity contribution < 1.29 is 9.18 Å². The van der Waals surface area contributed by atoms with Crippen LogP contribution < -0.4 is 5.32 Å². The second-order valence-electron chi connectivity index (χ2n) is 5.19. The van der Waals surface area contributed by atoms with E-state index in [-0.39, 0.29) is 17.5 Å². The van der Waals surface area contributed by atoms with Crippen LogP contribution in [0, 0.1) is 12.7 Å². The number of halogens is 2. The molecule has 2 aromatic carbocycles. The van der Waals surface area contributed by atoms with E-state index in [9.17, 15) is 9.18 Å². The third-order valence-corrected chi connectivity index (χ3v) is 4.52. The smallest absolute Gasteiger partial charge is 0.234 e. The van der Waals surface area contributed by atoms with Crippen LogP contribution in [0.1, 0.15) is 5.82 Å². The highest BCUT2D eigenvalue weighted by atomic mass is 35.5. The van der Waals surface area contributed by atoms with Gasteiger partial charge in [-0.3, -0.25) is 9.36 Å². The Kier molecular flexibility index (Phi) is 5.35. The van der Waals surface area contributed by atoms with Crippen LogP contribution in [-0.2, 0) is 4.79 Å². The molecule has 0 aliphatic carbocycles. The number of carbonyl (C=O) groups is 1. The summed E-state index contributed by atoms with van der Waals surface area (Å²) in [7, 11) is 0. The van der Waals surface area contributed by atoms with E-state index in [4.69, 9.17) is 11.6 Å². The normalized spacial score (nSPS) is 10.7. The second-order valence-corrected chi connectivity index (χ2v) is 6.56. The number of anilines is 1. The largest absolute Gasteiger partial charge is 0.325 e. The zero-order chi connectivity index (χ0) is 17.8. The lowest BCUT2D eigenvalue weighted by molar-refractivity contribution is -0.113. The monoisotopic (exact) mass is 376 g/mol. The molecule has 0 aliphatic rings. The molecule has 0 bridgehead atoms. The van der Waals surface area contributed by atoms with Crippen molar-refractivity contribution in [1.82, 2.24) is 14.8 Å². The van der Waals surface area contributed by atoms with Gasteiger partial charge in [-0.05, 0) is 55.5 Å². The van der Waals surface area contributed by atoms with Crippen molar-refractivity contribution in [1.29, 1.82) is 0 Å². The first-order valence-corrected chi connectivity index (χ1v) is 8.75. The summed E-state index contributed by atoms with van der Waals surface area (Å²) in [5.41, 5.74) is 1.41. The van der Waals surface area contributed by atoms with Crippen LogP contribution in [-0.4, -0.2) is 26.4 Å². The van der Waals surface area contributed by atoms with Crippen molar-refractivity contribution in [3.05, 3.63) is 65.2 Å². The Morgan fingerprint density at radius 2 is 1.84 bits per heavy atom. The van der Waals surface area contributed by atoms with Gasteiger partial charge < -0.3 is 5.32 Å². The summed E-state index contributed by atoms with van der Waals surface area (Å²) in [6, 6.07) is 12.9. The van der Waals surface area contributed by atoms with E-state index in [1.807, 2.05) is 0 Å². The van der Waals surface area contributed by atoms with Crippen LogP contribution in [0.15, 0.2) is 53.7 Å². The molecule has 0 atom stereocenters. The Bertz CT molecular complexity index is 881. The maximum Gasteiger partial charge on any atom is 0.234 e. The number of rotatable bonds is 5. The number of aryl methyl sites for hydroxylation is 1. The van der Waals surface area contributed by atoms with Crippen molar-refractivity contribution in [3.8, 4) is 5.69 Å². The molecule has 3 rings (SSSR count). The minimum atomic E-state index is -0.314. The van der Waals surface area contributed by atoms with Crippen LogP contribution in [0.5, 0.6) is 0 Å². The average Bonchev–Trinajstić information content (AvgIpc) is 2.97. The minimum Gasteiger partial charge on any atom is -0.325 e. The average molecular weight is 377 g/mol. The zero-order valence-corrected chi connectivity index (χ0v) is 14.8. The van der Waals surface area contributed by atoms with Crippen molar-refractivity contribution in [3.63, 3.8) is 0 Å². The van der Waals surface area contributed by atoms with Gasteiger partial charge in [-0.15, -0.1) is 10.2 Å². The van der Waals surface area contributed by atoms with Gasteiger partial charge in [0.05, 0.1) is 5.75 Å². The molecule has 25 heavy (non-hydrogen) atoms. The number of carbonyl (C=O) groups excluding carboxylic acids is 1. The molecular formula is C17H14ClFN4OS. The van der Waals surface area contributed by atoms with Crippen LogP contribution in [0.3, 0.4) is 0 Å². The van der Waals surface area contributed by atoms with Crippen molar-refractivity contribution >= 4 is 35.0 Å². The molecule has 0 saturated heterocycles. The number of hydrogen-bond donors (Lipinski definition) is 1. The first kappa shape index (κ1) is 17.4. The highest BCUT2D eigenvalue weighted by Gasteiger charge is 2.13. The Morgan fingerprint density at radius 1 is 1.16 bits per heavy atom. The van der Waals surface area contributed by atoms with Gasteiger partial charge in [0, 0.05) is 16.4 Å². The Balaban J connectivity index is 1.68. The highest BCUT2D eigenvalue weighted by molar-refractivity contribution is 7.99. The van der Waals surface area contributed by atoms with Crippen molar-refractivity contribution in [2.45, 2.75) is 12.1 Å². The quantitative estimate of drug-likeness (QED) is 0.681. The minimum absolute atomic E-state index is 0.168. The Labute approximate surface area is 153 Å². The molecule has 128 valence electrons. The molecule has 0 saturated carbocycles. The van der Waals surface area contributed by atoms with E-state index in [1.165, 1.54) is 23.9 Å². The maximum absolute atomic E-state index is 13.1. The van der Waals surface area contributed by atoms with E-state index >= 15 is 0 Å². The van der Waals surface area contributed by atoms with Crippen LogP contribution in [0.4, 0.5) is 10.1 Å². The van der Waals surface area contributed by atoms with Crippen LogP contribution >= 0.6 is 23.4 Å². The van der Waals surface area contributed by atoms with E-state index in [2.05, 4.69) is 15.5 Å². The molecule has 8 heteroatoms. The topological polar surface area (TPSA) is 59.8 Å². The summed E-state index contributed by atoms with van der Waals surface area (Å²) in [5, 5.41) is 12.1. The fourth-order valence-electron chi connectivity index (χ4n) is 2.18. The Hall–Kier alpha value is -2.38. The van der Waals surface area contributed by atoms with E-state index in [1.54, 1.807) is 47.9 Å². The molecule has 0 fully saturated rings. The van der Waals surface area contributed by atoms with Gasteiger partial charge in [0.15, 0.2) is 5.16 Å². The molecule has 1 N–H and O–H groups in total. The first-order valence-electron chi connectivity index (χ1n) is 7.39. The van der Waals surface area contributed by atoms with Crippen LogP contribution in [0.25, 0.3) is 5.69 Å². The van der Waals surface area contributed by atoms with Crippen LogP contribution in [0.2, 0.25) is 5.02 Å². The van der Waals surface area contributed by atoms with Crippen molar-refractivity contribution in [2.75, 3.05) is 11.1 Å². The summed E-state index contributed by atoms with van der Waals surface area (Å²) in [5.74, 6) is 0.346. The fourth-order valence-corrected chi connectivity index (χ4v) is 3.11. The highest BCUT2D eigenvalue weighted by Crippen LogP contribution is 2.22.